The van der Waals surface area contributed by atoms with Gasteiger partial charge in [0.2, 0.25) is 5.91 Å². The van der Waals surface area contributed by atoms with Gasteiger partial charge in [0.1, 0.15) is 18.0 Å². The van der Waals surface area contributed by atoms with Crippen LogP contribution in [0.25, 0.3) is 0 Å². The van der Waals surface area contributed by atoms with Crippen molar-refractivity contribution in [2.45, 2.75) is 19.6 Å². The second-order valence-electron chi connectivity index (χ2n) is 6.38. The van der Waals surface area contributed by atoms with Gasteiger partial charge in [0, 0.05) is 12.1 Å². The van der Waals surface area contributed by atoms with Gasteiger partial charge in [-0.25, -0.2) is 0 Å². The number of carbonyl (C=O) groups excluding carboxylic acids is 1. The predicted octanol–water partition coefficient (Wildman–Crippen LogP) is 5.20. The molecule has 31 heavy (non-hydrogen) atoms. The smallest absolute Gasteiger partial charge is 0.416 e. The minimum atomic E-state index is -4.57. The van der Waals surface area contributed by atoms with E-state index < -0.39 is 28.3 Å². The molecule has 2 aromatic carbocycles. The number of benzene rings is 2. The number of anilines is 1. The lowest BCUT2D eigenvalue weighted by molar-refractivity contribution is -0.384. The van der Waals surface area contributed by atoms with Crippen molar-refractivity contribution < 1.29 is 27.6 Å². The molecule has 162 valence electrons. The molecule has 0 bridgehead atoms. The molecule has 0 saturated carbocycles. The summed E-state index contributed by atoms with van der Waals surface area (Å²) < 4.78 is 45.4. The Morgan fingerprint density at radius 2 is 2.00 bits per heavy atom. The standard InChI is InChI=1S/C19H14ClF3N4O4/c1-11-17(20)9-24-26(11)10-18(28)25-13-6-14(27(29)30)8-16(7-13)31-15-4-2-3-12(5-15)19(21,22)23/h2-9H,10H2,1H3,(H,25,28). The van der Waals surface area contributed by atoms with Crippen LogP contribution in [0.1, 0.15) is 11.3 Å². The van der Waals surface area contributed by atoms with Gasteiger partial charge >= 0.3 is 6.18 Å². The minimum absolute atomic E-state index is 0.0251. The van der Waals surface area contributed by atoms with Gasteiger partial charge in [0.15, 0.2) is 0 Å². The van der Waals surface area contributed by atoms with E-state index in [1.165, 1.54) is 23.0 Å². The van der Waals surface area contributed by atoms with Gasteiger partial charge in [-0.05, 0) is 25.1 Å². The fraction of sp³-hybridized carbons (Fsp3) is 0.158. The highest BCUT2D eigenvalue weighted by atomic mass is 35.5. The molecular weight excluding hydrogens is 441 g/mol. The van der Waals surface area contributed by atoms with Crippen LogP contribution in [0.3, 0.4) is 0 Å². The number of nitrogens with zero attached hydrogens (tertiary/aromatic N) is 3. The Bertz CT molecular complexity index is 1150. The summed E-state index contributed by atoms with van der Waals surface area (Å²) in [4.78, 5) is 22.8. The maximum absolute atomic E-state index is 12.9. The van der Waals surface area contributed by atoms with Crippen molar-refractivity contribution >= 4 is 28.9 Å². The van der Waals surface area contributed by atoms with E-state index >= 15 is 0 Å². The molecule has 0 saturated heterocycles. The van der Waals surface area contributed by atoms with Crippen molar-refractivity contribution in [2.24, 2.45) is 0 Å². The first kappa shape index (κ1) is 22.1. The van der Waals surface area contributed by atoms with Crippen molar-refractivity contribution in [3.05, 3.63) is 75.1 Å². The Labute approximate surface area is 178 Å². The number of aromatic nitrogens is 2. The molecule has 0 aliphatic carbocycles. The number of ether oxygens (including phenoxy) is 1. The molecule has 1 N–H and O–H groups in total. The monoisotopic (exact) mass is 454 g/mol. The largest absolute Gasteiger partial charge is 0.457 e. The summed E-state index contributed by atoms with van der Waals surface area (Å²) in [7, 11) is 0. The molecule has 0 unspecified atom stereocenters. The Hall–Kier alpha value is -3.60. The van der Waals surface area contributed by atoms with Gasteiger partial charge in [-0.1, -0.05) is 17.7 Å². The zero-order chi connectivity index (χ0) is 22.8. The van der Waals surface area contributed by atoms with Gasteiger partial charge in [-0.3, -0.25) is 19.6 Å². The van der Waals surface area contributed by atoms with Crippen LogP contribution < -0.4 is 10.1 Å². The van der Waals surface area contributed by atoms with Crippen LogP contribution in [0.2, 0.25) is 5.02 Å². The van der Waals surface area contributed by atoms with E-state index in [0.29, 0.717) is 10.7 Å². The molecule has 1 amide bonds. The van der Waals surface area contributed by atoms with E-state index in [1.807, 2.05) is 0 Å². The Morgan fingerprint density at radius 3 is 2.61 bits per heavy atom. The van der Waals surface area contributed by atoms with Crippen LogP contribution in [0, 0.1) is 17.0 Å². The third-order valence-corrected chi connectivity index (χ3v) is 4.49. The van der Waals surface area contributed by atoms with Gasteiger partial charge in [0.25, 0.3) is 5.69 Å². The molecule has 0 radical (unpaired) electrons. The highest BCUT2D eigenvalue weighted by Crippen LogP contribution is 2.34. The first-order valence-electron chi connectivity index (χ1n) is 8.65. The SMILES string of the molecule is Cc1c(Cl)cnn1CC(=O)Nc1cc(Oc2cccc(C(F)(F)F)c2)cc([N+](=O)[O-])c1. The predicted molar refractivity (Wildman–Crippen MR) is 105 cm³/mol. The number of amides is 1. The van der Waals surface area contributed by atoms with Crippen molar-refractivity contribution in [1.82, 2.24) is 9.78 Å². The lowest BCUT2D eigenvalue weighted by Gasteiger charge is -2.12. The van der Waals surface area contributed by atoms with E-state index in [0.717, 1.165) is 30.3 Å². The van der Waals surface area contributed by atoms with Crippen LogP contribution >= 0.6 is 11.6 Å². The lowest BCUT2D eigenvalue weighted by Crippen LogP contribution is -2.20. The molecule has 0 aliphatic rings. The Kier molecular flexibility index (Phi) is 6.16. The fourth-order valence-corrected chi connectivity index (χ4v) is 2.75. The van der Waals surface area contributed by atoms with E-state index in [2.05, 4.69) is 10.4 Å². The van der Waals surface area contributed by atoms with Gasteiger partial charge < -0.3 is 10.1 Å². The first-order chi connectivity index (χ1) is 14.5. The number of hydrogen-bond acceptors (Lipinski definition) is 5. The number of alkyl halides is 3. The van der Waals surface area contributed by atoms with Gasteiger partial charge in [-0.15, -0.1) is 0 Å². The number of halogens is 4. The summed E-state index contributed by atoms with van der Waals surface area (Å²) in [5.41, 5.74) is -0.767. The number of hydrogen-bond donors (Lipinski definition) is 1. The van der Waals surface area contributed by atoms with Crippen molar-refractivity contribution in [1.29, 1.82) is 0 Å². The van der Waals surface area contributed by atoms with Crippen LogP contribution in [0.5, 0.6) is 11.5 Å². The van der Waals surface area contributed by atoms with Crippen molar-refractivity contribution in [3.8, 4) is 11.5 Å². The average Bonchev–Trinajstić information content (AvgIpc) is 2.99. The van der Waals surface area contributed by atoms with Crippen LogP contribution in [-0.4, -0.2) is 20.6 Å². The number of rotatable bonds is 6. The molecular formula is C19H14ClF3N4O4. The minimum Gasteiger partial charge on any atom is -0.457 e. The first-order valence-corrected chi connectivity index (χ1v) is 9.03. The molecule has 0 atom stereocenters. The summed E-state index contributed by atoms with van der Waals surface area (Å²) >= 11 is 5.89. The summed E-state index contributed by atoms with van der Waals surface area (Å²) in [6.07, 6.45) is -3.20. The third kappa shape index (κ3) is 5.51. The normalized spacial score (nSPS) is 11.3. The van der Waals surface area contributed by atoms with Crippen LogP contribution in [0.4, 0.5) is 24.5 Å². The summed E-state index contributed by atoms with van der Waals surface area (Å²) in [5, 5.41) is 18.0. The zero-order valence-electron chi connectivity index (χ0n) is 15.8. The Morgan fingerprint density at radius 1 is 1.26 bits per heavy atom. The van der Waals surface area contributed by atoms with E-state index in [9.17, 15) is 28.1 Å². The fourth-order valence-electron chi connectivity index (χ4n) is 2.61. The van der Waals surface area contributed by atoms with Crippen molar-refractivity contribution in [2.75, 3.05) is 5.32 Å². The molecule has 8 nitrogen and oxygen atoms in total. The number of non-ortho nitro benzene ring substituents is 1. The summed E-state index contributed by atoms with van der Waals surface area (Å²) in [6, 6.07) is 7.45. The molecule has 3 aromatic rings. The second kappa shape index (κ2) is 8.64. The highest BCUT2D eigenvalue weighted by Gasteiger charge is 2.30. The number of nitrogens with one attached hydrogen (secondary N) is 1. The average molecular weight is 455 g/mol. The van der Waals surface area contributed by atoms with E-state index in [1.54, 1.807) is 6.92 Å². The molecule has 0 spiro atoms. The molecule has 0 fully saturated rings. The molecule has 1 heterocycles. The second-order valence-corrected chi connectivity index (χ2v) is 6.79. The number of nitro groups is 1. The maximum atomic E-state index is 12.9. The number of carbonyl (C=O) groups is 1. The quantitative estimate of drug-likeness (QED) is 0.407. The third-order valence-electron chi connectivity index (χ3n) is 4.12. The van der Waals surface area contributed by atoms with Gasteiger partial charge in [-0.2, -0.15) is 18.3 Å². The van der Waals surface area contributed by atoms with Gasteiger partial charge in [0.05, 0.1) is 39.2 Å². The zero-order valence-corrected chi connectivity index (χ0v) is 16.6. The highest BCUT2D eigenvalue weighted by molar-refractivity contribution is 6.31. The molecule has 1 aromatic heterocycles. The van der Waals surface area contributed by atoms with Crippen molar-refractivity contribution in [3.63, 3.8) is 0 Å². The Balaban J connectivity index is 1.83. The topological polar surface area (TPSA) is 99.3 Å². The maximum Gasteiger partial charge on any atom is 0.416 e. The van der Waals surface area contributed by atoms with Crippen LogP contribution in [0.15, 0.2) is 48.7 Å². The van der Waals surface area contributed by atoms with Crippen LogP contribution in [-0.2, 0) is 17.5 Å². The molecule has 12 heteroatoms. The summed E-state index contributed by atoms with van der Waals surface area (Å²) in [5.74, 6) is -0.843. The number of nitro benzene ring substituents is 1. The van der Waals surface area contributed by atoms with E-state index in [-0.39, 0.29) is 23.7 Å². The molecule has 0 aliphatic heterocycles. The molecule has 3 rings (SSSR count). The summed E-state index contributed by atoms with van der Waals surface area (Å²) in [6.45, 7) is 1.46. The van der Waals surface area contributed by atoms with E-state index in [4.69, 9.17) is 16.3 Å². The lowest BCUT2D eigenvalue weighted by atomic mass is 10.2.